The second-order valence-electron chi connectivity index (χ2n) is 2.45. The van der Waals surface area contributed by atoms with E-state index in [1.165, 1.54) is 0 Å². The Balaban J connectivity index is 3.59. The number of hydrogen-bond donors (Lipinski definition) is 1. The second kappa shape index (κ2) is 6.76. The van der Waals surface area contributed by atoms with Crippen LogP contribution in [0.3, 0.4) is 0 Å². The molecule has 0 spiro atoms. The molecule has 0 aliphatic carbocycles. The molecule has 0 rings (SSSR count). The number of ether oxygens (including phenoxy) is 1. The Kier molecular flexibility index (Phi) is 6.80. The summed E-state index contributed by atoms with van der Waals surface area (Å²) in [6.07, 6.45) is 1.71. The van der Waals surface area contributed by atoms with Crippen LogP contribution < -0.4 is 5.32 Å². The van der Waals surface area contributed by atoms with E-state index >= 15 is 0 Å². The quantitative estimate of drug-likeness (QED) is 0.623. The zero-order valence-electron chi connectivity index (χ0n) is 7.42. The van der Waals surface area contributed by atoms with E-state index in [4.69, 9.17) is 4.74 Å². The van der Waals surface area contributed by atoms with Crippen LogP contribution >= 0.6 is 0 Å². The Morgan fingerprint density at radius 3 is 2.64 bits per heavy atom. The van der Waals surface area contributed by atoms with Crippen LogP contribution in [0.5, 0.6) is 0 Å². The molecule has 4 heteroatoms. The van der Waals surface area contributed by atoms with Gasteiger partial charge < -0.3 is 10.1 Å². The van der Waals surface area contributed by atoms with E-state index < -0.39 is 10.8 Å². The third-order valence-electron chi connectivity index (χ3n) is 1.30. The van der Waals surface area contributed by atoms with Gasteiger partial charge in [0.05, 0.1) is 6.61 Å². The minimum Gasteiger partial charge on any atom is -0.383 e. The first-order valence-electron chi connectivity index (χ1n) is 3.73. The van der Waals surface area contributed by atoms with Crippen LogP contribution in [-0.2, 0) is 15.5 Å². The molecule has 0 aromatic heterocycles. The molecule has 0 radical (unpaired) electrons. The van der Waals surface area contributed by atoms with Gasteiger partial charge in [-0.15, -0.1) is 0 Å². The van der Waals surface area contributed by atoms with Crippen LogP contribution in [0.1, 0.15) is 6.92 Å². The van der Waals surface area contributed by atoms with Crippen LogP contribution in [0.2, 0.25) is 0 Å². The number of hydrogen-bond acceptors (Lipinski definition) is 3. The van der Waals surface area contributed by atoms with Gasteiger partial charge in [0.25, 0.3) is 0 Å². The molecule has 0 bridgehead atoms. The second-order valence-corrected chi connectivity index (χ2v) is 3.93. The van der Waals surface area contributed by atoms with Crippen molar-refractivity contribution in [3.8, 4) is 0 Å². The monoisotopic (exact) mass is 179 g/mol. The van der Waals surface area contributed by atoms with E-state index in [-0.39, 0.29) is 6.04 Å². The molecule has 3 nitrogen and oxygen atoms in total. The molecule has 0 aromatic rings. The summed E-state index contributed by atoms with van der Waals surface area (Å²) in [5, 5.41) is 3.20. The molecule has 2 unspecified atom stereocenters. The van der Waals surface area contributed by atoms with E-state index in [0.717, 1.165) is 6.54 Å². The summed E-state index contributed by atoms with van der Waals surface area (Å²) in [5.74, 6) is 0.668. The fraction of sp³-hybridized carbons (Fsp3) is 1.00. The molecule has 0 amide bonds. The van der Waals surface area contributed by atoms with Gasteiger partial charge in [-0.3, -0.25) is 4.21 Å². The fourth-order valence-electron chi connectivity index (χ4n) is 0.939. The molecule has 0 fully saturated rings. The Bertz CT molecular complexity index is 113. The van der Waals surface area contributed by atoms with Gasteiger partial charge in [-0.05, 0) is 6.54 Å². The molecule has 11 heavy (non-hydrogen) atoms. The lowest BCUT2D eigenvalue weighted by atomic mass is 10.3. The molecule has 0 aliphatic heterocycles. The number of nitrogens with one attached hydrogen (secondary N) is 1. The summed E-state index contributed by atoms with van der Waals surface area (Å²) >= 11 is 0. The predicted octanol–water partition coefficient (Wildman–Crippen LogP) is -0.0106. The molecule has 2 atom stereocenters. The maximum atomic E-state index is 10.8. The standard InChI is InChI=1S/C7H17NO2S/c1-4-8-7(5-10-2)6-11(3)9/h7-8H,4-6H2,1-3H3. The summed E-state index contributed by atoms with van der Waals surface area (Å²) in [7, 11) is 0.915. The fourth-order valence-corrected chi connectivity index (χ4v) is 1.72. The van der Waals surface area contributed by atoms with Crippen molar-refractivity contribution in [2.24, 2.45) is 0 Å². The van der Waals surface area contributed by atoms with Crippen molar-refractivity contribution in [3.05, 3.63) is 0 Å². The van der Waals surface area contributed by atoms with E-state index in [1.807, 2.05) is 6.92 Å². The van der Waals surface area contributed by atoms with Crippen molar-refractivity contribution in [2.45, 2.75) is 13.0 Å². The molecular weight excluding hydrogens is 162 g/mol. The Morgan fingerprint density at radius 2 is 2.27 bits per heavy atom. The highest BCUT2D eigenvalue weighted by Gasteiger charge is 2.07. The largest absolute Gasteiger partial charge is 0.383 e. The van der Waals surface area contributed by atoms with Crippen molar-refractivity contribution in [3.63, 3.8) is 0 Å². The number of likely N-dealkylation sites (N-methyl/N-ethyl adjacent to an activating group) is 1. The van der Waals surface area contributed by atoms with Gasteiger partial charge in [0.1, 0.15) is 0 Å². The SMILES string of the molecule is CCNC(COC)CS(C)=O. The molecule has 0 saturated carbocycles. The minimum absolute atomic E-state index is 0.232. The first kappa shape index (κ1) is 11.1. The summed E-state index contributed by atoms with van der Waals surface area (Å²) < 4.78 is 15.8. The maximum absolute atomic E-state index is 10.8. The average molecular weight is 179 g/mol. The Hall–Kier alpha value is 0.0700. The molecule has 68 valence electrons. The Labute approximate surface area is 71.0 Å². The van der Waals surface area contributed by atoms with Crippen LogP contribution in [0.4, 0.5) is 0 Å². The zero-order valence-corrected chi connectivity index (χ0v) is 8.24. The van der Waals surface area contributed by atoms with Gasteiger partial charge in [-0.2, -0.15) is 0 Å². The highest BCUT2D eigenvalue weighted by atomic mass is 32.2. The van der Waals surface area contributed by atoms with Crippen LogP contribution in [0.15, 0.2) is 0 Å². The highest BCUT2D eigenvalue weighted by Crippen LogP contribution is 1.87. The number of methoxy groups -OCH3 is 1. The number of rotatable bonds is 6. The normalized spacial score (nSPS) is 16.3. The van der Waals surface area contributed by atoms with Crippen LogP contribution in [-0.4, -0.2) is 42.5 Å². The molecule has 1 N–H and O–H groups in total. The van der Waals surface area contributed by atoms with Crippen LogP contribution in [0.25, 0.3) is 0 Å². The van der Waals surface area contributed by atoms with Crippen molar-refractivity contribution in [1.29, 1.82) is 0 Å². The summed E-state index contributed by atoms with van der Waals surface area (Å²) in [4.78, 5) is 0. The van der Waals surface area contributed by atoms with Crippen molar-refractivity contribution < 1.29 is 8.95 Å². The average Bonchev–Trinajstić information content (AvgIpc) is 1.87. The molecule has 0 aliphatic rings. The van der Waals surface area contributed by atoms with Crippen molar-refractivity contribution >= 4 is 10.8 Å². The maximum Gasteiger partial charge on any atom is 0.0624 e. The lowest BCUT2D eigenvalue weighted by Crippen LogP contribution is -2.37. The van der Waals surface area contributed by atoms with E-state index in [9.17, 15) is 4.21 Å². The summed E-state index contributed by atoms with van der Waals surface area (Å²) in [5.41, 5.74) is 0. The molecule has 0 saturated heterocycles. The van der Waals surface area contributed by atoms with Crippen molar-refractivity contribution in [1.82, 2.24) is 5.32 Å². The minimum atomic E-state index is -0.741. The summed E-state index contributed by atoms with van der Waals surface area (Å²) in [6, 6.07) is 0.232. The van der Waals surface area contributed by atoms with Crippen LogP contribution in [0, 0.1) is 0 Å². The molecular formula is C7H17NO2S. The summed E-state index contributed by atoms with van der Waals surface area (Å²) in [6.45, 7) is 3.56. The lowest BCUT2D eigenvalue weighted by Gasteiger charge is -2.14. The van der Waals surface area contributed by atoms with Gasteiger partial charge in [-0.25, -0.2) is 0 Å². The highest BCUT2D eigenvalue weighted by molar-refractivity contribution is 7.84. The van der Waals surface area contributed by atoms with Gasteiger partial charge in [-0.1, -0.05) is 6.92 Å². The van der Waals surface area contributed by atoms with E-state index in [2.05, 4.69) is 5.32 Å². The van der Waals surface area contributed by atoms with Gasteiger partial charge in [0.2, 0.25) is 0 Å². The van der Waals surface area contributed by atoms with Gasteiger partial charge in [0.15, 0.2) is 0 Å². The Morgan fingerprint density at radius 1 is 1.64 bits per heavy atom. The van der Waals surface area contributed by atoms with Gasteiger partial charge >= 0.3 is 0 Å². The topological polar surface area (TPSA) is 38.3 Å². The van der Waals surface area contributed by atoms with E-state index in [0.29, 0.717) is 12.4 Å². The smallest absolute Gasteiger partial charge is 0.0624 e. The molecule has 0 aromatic carbocycles. The third-order valence-corrected chi connectivity index (χ3v) is 2.17. The molecule has 0 heterocycles. The zero-order chi connectivity index (χ0) is 8.69. The third kappa shape index (κ3) is 6.47. The van der Waals surface area contributed by atoms with Crippen molar-refractivity contribution in [2.75, 3.05) is 32.3 Å². The first-order valence-corrected chi connectivity index (χ1v) is 5.45. The van der Waals surface area contributed by atoms with Gasteiger partial charge in [0, 0.05) is 36.0 Å². The lowest BCUT2D eigenvalue weighted by molar-refractivity contribution is 0.174. The first-order chi connectivity index (χ1) is 5.20. The van der Waals surface area contributed by atoms with E-state index in [1.54, 1.807) is 13.4 Å². The predicted molar refractivity (Wildman–Crippen MR) is 48.3 cm³/mol.